The van der Waals surface area contributed by atoms with E-state index in [0.29, 0.717) is 18.0 Å². The van der Waals surface area contributed by atoms with Crippen molar-refractivity contribution in [1.82, 2.24) is 9.21 Å². The Morgan fingerprint density at radius 1 is 1.04 bits per heavy atom. The predicted molar refractivity (Wildman–Crippen MR) is 108 cm³/mol. The monoisotopic (exact) mass is 394 g/mol. The summed E-state index contributed by atoms with van der Waals surface area (Å²) in [6.45, 7) is 15.6. The van der Waals surface area contributed by atoms with E-state index in [1.807, 2.05) is 40.7 Å². The molecular formula is C19H31BN2O4S. The molecule has 2 saturated heterocycles. The lowest BCUT2D eigenvalue weighted by atomic mass is 9.76. The lowest BCUT2D eigenvalue weighted by Gasteiger charge is -2.33. The van der Waals surface area contributed by atoms with E-state index in [2.05, 4.69) is 11.8 Å². The molecule has 0 saturated carbocycles. The van der Waals surface area contributed by atoms with Crippen LogP contribution in [0.25, 0.3) is 0 Å². The SMILES string of the molecule is CCN1CCN(S(=O)(=O)c2ccc(C)c(B3OC(C)(C)C(C)(C)O3)c2)CC1. The highest BCUT2D eigenvalue weighted by Crippen LogP contribution is 2.36. The lowest BCUT2D eigenvalue weighted by Crippen LogP contribution is -2.48. The Labute approximate surface area is 164 Å². The van der Waals surface area contributed by atoms with E-state index in [-0.39, 0.29) is 0 Å². The molecule has 2 aliphatic rings. The number of nitrogens with zero attached hydrogens (tertiary/aromatic N) is 2. The minimum absolute atomic E-state index is 0.308. The average Bonchev–Trinajstić information content (AvgIpc) is 2.82. The molecule has 2 heterocycles. The summed E-state index contributed by atoms with van der Waals surface area (Å²) in [5.41, 5.74) is 0.815. The minimum Gasteiger partial charge on any atom is -0.399 e. The fourth-order valence-electron chi connectivity index (χ4n) is 3.44. The van der Waals surface area contributed by atoms with Crippen molar-refractivity contribution in [3.05, 3.63) is 23.8 Å². The first kappa shape index (κ1) is 20.8. The number of hydrogen-bond acceptors (Lipinski definition) is 5. The maximum absolute atomic E-state index is 13.1. The van der Waals surface area contributed by atoms with E-state index in [1.165, 1.54) is 0 Å². The molecule has 0 aromatic heterocycles. The van der Waals surface area contributed by atoms with Crippen LogP contribution in [0.15, 0.2) is 23.1 Å². The Hall–Kier alpha value is -0.925. The quantitative estimate of drug-likeness (QED) is 0.727. The minimum atomic E-state index is -3.52. The molecule has 0 aliphatic carbocycles. The third kappa shape index (κ3) is 3.83. The molecule has 0 N–H and O–H groups in total. The fraction of sp³-hybridized carbons (Fsp3) is 0.684. The summed E-state index contributed by atoms with van der Waals surface area (Å²) >= 11 is 0. The zero-order valence-electron chi connectivity index (χ0n) is 17.3. The normalized spacial score (nSPS) is 23.7. The summed E-state index contributed by atoms with van der Waals surface area (Å²) in [7, 11) is -4.09. The van der Waals surface area contributed by atoms with Crippen LogP contribution < -0.4 is 5.46 Å². The van der Waals surface area contributed by atoms with Gasteiger partial charge in [0.1, 0.15) is 0 Å². The second kappa shape index (κ2) is 7.15. The molecule has 0 unspecified atom stereocenters. The molecule has 2 fully saturated rings. The van der Waals surface area contributed by atoms with E-state index in [9.17, 15) is 8.42 Å². The van der Waals surface area contributed by atoms with E-state index >= 15 is 0 Å². The third-order valence-corrected chi connectivity index (χ3v) is 8.07. The number of rotatable bonds is 4. The Balaban J connectivity index is 1.88. The van der Waals surface area contributed by atoms with Gasteiger partial charge in [-0.05, 0) is 58.8 Å². The van der Waals surface area contributed by atoms with Gasteiger partial charge < -0.3 is 14.2 Å². The Morgan fingerprint density at radius 3 is 2.11 bits per heavy atom. The molecule has 27 heavy (non-hydrogen) atoms. The van der Waals surface area contributed by atoms with Crippen LogP contribution in [-0.4, -0.2) is 68.7 Å². The zero-order chi connectivity index (χ0) is 20.0. The highest BCUT2D eigenvalue weighted by molar-refractivity contribution is 7.89. The van der Waals surface area contributed by atoms with Crippen LogP contribution in [-0.2, 0) is 19.3 Å². The van der Waals surface area contributed by atoms with Gasteiger partial charge in [-0.3, -0.25) is 0 Å². The van der Waals surface area contributed by atoms with E-state index < -0.39 is 28.3 Å². The topological polar surface area (TPSA) is 59.1 Å². The maximum atomic E-state index is 13.1. The van der Waals surface area contributed by atoms with Gasteiger partial charge in [-0.2, -0.15) is 4.31 Å². The summed E-state index contributed by atoms with van der Waals surface area (Å²) < 4.78 is 40.1. The Morgan fingerprint density at radius 2 is 1.59 bits per heavy atom. The van der Waals surface area contributed by atoms with Gasteiger partial charge in [0, 0.05) is 26.2 Å². The van der Waals surface area contributed by atoms with Crippen LogP contribution in [0, 0.1) is 6.92 Å². The first-order valence-electron chi connectivity index (χ1n) is 9.66. The van der Waals surface area contributed by atoms with E-state index in [0.717, 1.165) is 30.7 Å². The van der Waals surface area contributed by atoms with Crippen LogP contribution in [0.2, 0.25) is 0 Å². The third-order valence-electron chi connectivity index (χ3n) is 6.17. The van der Waals surface area contributed by atoms with Crippen molar-refractivity contribution >= 4 is 22.6 Å². The zero-order valence-corrected chi connectivity index (χ0v) is 18.1. The van der Waals surface area contributed by atoms with Gasteiger partial charge in [0.2, 0.25) is 10.0 Å². The highest BCUT2D eigenvalue weighted by atomic mass is 32.2. The van der Waals surface area contributed by atoms with Gasteiger partial charge in [0.05, 0.1) is 16.1 Å². The van der Waals surface area contributed by atoms with Crippen molar-refractivity contribution in [2.75, 3.05) is 32.7 Å². The van der Waals surface area contributed by atoms with Crippen LogP contribution in [0.1, 0.15) is 40.2 Å². The molecule has 3 rings (SSSR count). The molecule has 2 aliphatic heterocycles. The fourth-order valence-corrected chi connectivity index (χ4v) is 4.90. The van der Waals surface area contributed by atoms with Crippen LogP contribution >= 0.6 is 0 Å². The molecule has 0 atom stereocenters. The van der Waals surface area contributed by atoms with E-state index in [1.54, 1.807) is 16.4 Å². The second-order valence-corrected chi connectivity index (χ2v) is 10.4. The highest BCUT2D eigenvalue weighted by Gasteiger charge is 2.52. The molecule has 150 valence electrons. The molecule has 6 nitrogen and oxygen atoms in total. The summed E-state index contributed by atoms with van der Waals surface area (Å²) in [5.74, 6) is 0. The van der Waals surface area contributed by atoms with Gasteiger partial charge in [0.15, 0.2) is 0 Å². The van der Waals surface area contributed by atoms with E-state index in [4.69, 9.17) is 9.31 Å². The standard InChI is InChI=1S/C19H31BN2O4S/c1-7-21-10-12-22(13-11-21)27(23,24)16-9-8-15(2)17(14-16)20-25-18(3,4)19(5,6)26-20/h8-9,14H,7,10-13H2,1-6H3. The molecule has 8 heteroatoms. The summed E-state index contributed by atoms with van der Waals surface area (Å²) in [5, 5.41) is 0. The number of likely N-dealkylation sites (N-methyl/N-ethyl adjacent to an activating group) is 1. The van der Waals surface area contributed by atoms with Gasteiger partial charge >= 0.3 is 7.12 Å². The molecule has 1 aromatic carbocycles. The first-order valence-corrected chi connectivity index (χ1v) is 11.1. The summed E-state index contributed by atoms with van der Waals surface area (Å²) in [4.78, 5) is 2.57. The lowest BCUT2D eigenvalue weighted by molar-refractivity contribution is 0.00578. The van der Waals surface area contributed by atoms with Crippen molar-refractivity contribution in [1.29, 1.82) is 0 Å². The largest absolute Gasteiger partial charge is 0.495 e. The molecule has 0 bridgehead atoms. The molecule has 1 aromatic rings. The number of benzene rings is 1. The first-order chi connectivity index (χ1) is 12.5. The van der Waals surface area contributed by atoms with Crippen molar-refractivity contribution < 1.29 is 17.7 Å². The predicted octanol–water partition coefficient (Wildman–Crippen LogP) is 1.62. The molecule has 0 radical (unpaired) electrons. The maximum Gasteiger partial charge on any atom is 0.495 e. The number of piperazine rings is 1. The number of hydrogen-bond donors (Lipinski definition) is 0. The molecule has 0 spiro atoms. The average molecular weight is 394 g/mol. The smallest absolute Gasteiger partial charge is 0.399 e. The van der Waals surface area contributed by atoms with Crippen molar-refractivity contribution in [2.24, 2.45) is 0 Å². The van der Waals surface area contributed by atoms with Crippen molar-refractivity contribution in [3.63, 3.8) is 0 Å². The Kier molecular flexibility index (Phi) is 5.51. The van der Waals surface area contributed by atoms with Gasteiger partial charge in [-0.25, -0.2) is 8.42 Å². The number of aryl methyl sites for hydroxylation is 1. The van der Waals surface area contributed by atoms with Crippen LogP contribution in [0.5, 0.6) is 0 Å². The van der Waals surface area contributed by atoms with Crippen LogP contribution in [0.3, 0.4) is 0 Å². The molecule has 0 amide bonds. The van der Waals surface area contributed by atoms with Gasteiger partial charge in [0.25, 0.3) is 0 Å². The summed E-state index contributed by atoms with van der Waals surface area (Å²) in [6, 6.07) is 5.25. The summed E-state index contributed by atoms with van der Waals surface area (Å²) in [6.07, 6.45) is 0. The van der Waals surface area contributed by atoms with Crippen molar-refractivity contribution in [2.45, 2.75) is 57.6 Å². The van der Waals surface area contributed by atoms with Crippen LogP contribution in [0.4, 0.5) is 0 Å². The van der Waals surface area contributed by atoms with Gasteiger partial charge in [-0.1, -0.05) is 18.6 Å². The Bertz CT molecular complexity index is 786. The van der Waals surface area contributed by atoms with Crippen molar-refractivity contribution in [3.8, 4) is 0 Å². The molecular weight excluding hydrogens is 363 g/mol. The number of sulfonamides is 1. The second-order valence-electron chi connectivity index (χ2n) is 8.44. The van der Waals surface area contributed by atoms with Gasteiger partial charge in [-0.15, -0.1) is 0 Å².